The Labute approximate surface area is 157 Å². The predicted molar refractivity (Wildman–Crippen MR) is 103 cm³/mol. The van der Waals surface area contributed by atoms with Crippen molar-refractivity contribution >= 4 is 28.3 Å². The van der Waals surface area contributed by atoms with Crippen molar-refractivity contribution in [1.82, 2.24) is 9.38 Å². The molecule has 0 aliphatic carbocycles. The molecule has 0 bridgehead atoms. The maximum atomic E-state index is 11.9. The summed E-state index contributed by atoms with van der Waals surface area (Å²) in [6.45, 7) is 0. The summed E-state index contributed by atoms with van der Waals surface area (Å²) in [5.41, 5.74) is 3.32. The van der Waals surface area contributed by atoms with Crippen molar-refractivity contribution < 1.29 is 14.5 Å². The topological polar surface area (TPSA) is 86.7 Å². The Balaban J connectivity index is 1.88. The minimum Gasteiger partial charge on any atom is -0.497 e. The van der Waals surface area contributed by atoms with E-state index in [0.29, 0.717) is 22.1 Å². The molecular weight excluding hydrogens is 366 g/mol. The van der Waals surface area contributed by atoms with Gasteiger partial charge in [-0.05, 0) is 29.8 Å². The molecule has 2 aromatic heterocycles. The van der Waals surface area contributed by atoms with Gasteiger partial charge in [-0.3, -0.25) is 19.3 Å². The lowest BCUT2D eigenvalue weighted by Gasteiger charge is -2.04. The fourth-order valence-electron chi connectivity index (χ4n) is 2.93. The molecule has 0 spiro atoms. The second-order valence-electron chi connectivity index (χ2n) is 5.74. The van der Waals surface area contributed by atoms with Crippen molar-refractivity contribution in [2.75, 3.05) is 7.11 Å². The summed E-state index contributed by atoms with van der Waals surface area (Å²) in [5.74, 6) is 0.677. The zero-order valence-corrected chi connectivity index (χ0v) is 15.0. The number of nitro groups is 1. The number of fused-ring (bicyclic) bond motifs is 1. The number of hydrogen-bond donors (Lipinski definition) is 0. The van der Waals surface area contributed by atoms with Gasteiger partial charge in [0.25, 0.3) is 5.69 Å². The number of methoxy groups -OCH3 is 1. The zero-order valence-electron chi connectivity index (χ0n) is 14.2. The van der Waals surface area contributed by atoms with E-state index in [-0.39, 0.29) is 5.69 Å². The number of rotatable bonds is 5. The van der Waals surface area contributed by atoms with Gasteiger partial charge in [0, 0.05) is 23.1 Å². The second-order valence-corrected chi connectivity index (χ2v) is 6.57. The van der Waals surface area contributed by atoms with E-state index in [1.54, 1.807) is 23.6 Å². The largest absolute Gasteiger partial charge is 0.497 e. The maximum Gasteiger partial charge on any atom is 0.269 e. The molecule has 0 radical (unpaired) electrons. The quantitative estimate of drug-likeness (QED) is 0.290. The number of non-ortho nitro benzene ring substituents is 1. The Morgan fingerprint density at radius 2 is 1.96 bits per heavy atom. The Kier molecular flexibility index (Phi) is 4.17. The number of carbonyl (C=O) groups is 1. The number of ether oxygens (including phenoxy) is 1. The fraction of sp³-hybridized carbons (Fsp3) is 0.0526. The summed E-state index contributed by atoms with van der Waals surface area (Å²) in [6, 6.07) is 13.6. The van der Waals surface area contributed by atoms with Gasteiger partial charge < -0.3 is 4.74 Å². The van der Waals surface area contributed by atoms with Crippen LogP contribution in [0.4, 0.5) is 5.69 Å². The highest BCUT2D eigenvalue weighted by Gasteiger charge is 2.19. The molecule has 4 rings (SSSR count). The Morgan fingerprint density at radius 1 is 1.19 bits per heavy atom. The molecule has 8 heteroatoms. The molecule has 0 fully saturated rings. The minimum absolute atomic E-state index is 0.0172. The molecule has 0 N–H and O–H groups in total. The molecule has 0 atom stereocenters. The van der Waals surface area contributed by atoms with Crippen molar-refractivity contribution in [3.63, 3.8) is 0 Å². The van der Waals surface area contributed by atoms with Crippen LogP contribution in [0, 0.1) is 10.1 Å². The average molecular weight is 379 g/mol. The molecule has 2 aromatic carbocycles. The molecule has 134 valence electrons. The van der Waals surface area contributed by atoms with Crippen LogP contribution in [-0.4, -0.2) is 27.7 Å². The van der Waals surface area contributed by atoms with Crippen LogP contribution >= 0.6 is 11.3 Å². The minimum atomic E-state index is -0.443. The van der Waals surface area contributed by atoms with Crippen LogP contribution < -0.4 is 4.74 Å². The van der Waals surface area contributed by atoms with Crippen LogP contribution in [0.15, 0.2) is 53.9 Å². The molecule has 0 amide bonds. The van der Waals surface area contributed by atoms with E-state index in [9.17, 15) is 14.9 Å². The van der Waals surface area contributed by atoms with E-state index in [2.05, 4.69) is 4.98 Å². The summed E-state index contributed by atoms with van der Waals surface area (Å²) in [5, 5.41) is 12.7. The summed E-state index contributed by atoms with van der Waals surface area (Å²) in [7, 11) is 1.58. The van der Waals surface area contributed by atoms with Gasteiger partial charge >= 0.3 is 0 Å². The predicted octanol–water partition coefficient (Wildman–Crippen LogP) is 4.46. The lowest BCUT2D eigenvalue weighted by Crippen LogP contribution is -1.95. The molecule has 0 aliphatic rings. The van der Waals surface area contributed by atoms with Gasteiger partial charge in [-0.2, -0.15) is 0 Å². The monoisotopic (exact) mass is 379 g/mol. The Hall–Kier alpha value is -3.52. The molecule has 0 saturated heterocycles. The zero-order chi connectivity index (χ0) is 19.0. The van der Waals surface area contributed by atoms with Crippen LogP contribution in [0.25, 0.3) is 27.5 Å². The van der Waals surface area contributed by atoms with Crippen LogP contribution in [-0.2, 0) is 0 Å². The fourth-order valence-corrected chi connectivity index (χ4v) is 3.83. The third-order valence-corrected chi connectivity index (χ3v) is 5.05. The summed E-state index contributed by atoms with van der Waals surface area (Å²) in [6.07, 6.45) is 0.774. The maximum absolute atomic E-state index is 11.9. The van der Waals surface area contributed by atoms with Gasteiger partial charge in [0.2, 0.25) is 0 Å². The molecule has 4 aromatic rings. The molecule has 7 nitrogen and oxygen atoms in total. The number of carbonyl (C=O) groups excluding carboxylic acids is 1. The van der Waals surface area contributed by atoms with E-state index in [1.807, 2.05) is 29.6 Å². The van der Waals surface area contributed by atoms with Crippen LogP contribution in [0.5, 0.6) is 5.75 Å². The van der Waals surface area contributed by atoms with Gasteiger partial charge in [0.05, 0.1) is 17.7 Å². The Bertz CT molecular complexity index is 1160. The van der Waals surface area contributed by atoms with E-state index < -0.39 is 4.92 Å². The first kappa shape index (κ1) is 16.9. The lowest BCUT2D eigenvalue weighted by molar-refractivity contribution is -0.384. The second kappa shape index (κ2) is 6.65. The van der Waals surface area contributed by atoms with Crippen LogP contribution in [0.1, 0.15) is 10.5 Å². The number of hydrogen-bond acceptors (Lipinski definition) is 6. The molecular formula is C19H13N3O4S. The number of nitro benzene ring substituents is 1. The highest BCUT2D eigenvalue weighted by molar-refractivity contribution is 7.15. The molecule has 0 unspecified atom stereocenters. The number of aromatic nitrogens is 2. The van der Waals surface area contributed by atoms with E-state index in [4.69, 9.17) is 4.74 Å². The van der Waals surface area contributed by atoms with E-state index in [0.717, 1.165) is 23.1 Å². The van der Waals surface area contributed by atoms with Crippen molar-refractivity contribution in [2.45, 2.75) is 0 Å². The van der Waals surface area contributed by atoms with E-state index >= 15 is 0 Å². The normalized spacial score (nSPS) is 10.9. The number of aldehydes is 1. The summed E-state index contributed by atoms with van der Waals surface area (Å²) >= 11 is 1.40. The van der Waals surface area contributed by atoms with Crippen molar-refractivity contribution in [2.24, 2.45) is 0 Å². The first-order valence-corrected chi connectivity index (χ1v) is 8.84. The smallest absolute Gasteiger partial charge is 0.269 e. The highest BCUT2D eigenvalue weighted by atomic mass is 32.1. The van der Waals surface area contributed by atoms with E-state index in [1.165, 1.54) is 23.5 Å². The molecule has 0 aliphatic heterocycles. The van der Waals surface area contributed by atoms with Gasteiger partial charge in [0.15, 0.2) is 11.2 Å². The molecule has 27 heavy (non-hydrogen) atoms. The van der Waals surface area contributed by atoms with Crippen molar-refractivity contribution in [3.05, 3.63) is 69.7 Å². The first-order chi connectivity index (χ1) is 13.1. The lowest BCUT2D eigenvalue weighted by atomic mass is 10.1. The summed E-state index contributed by atoms with van der Waals surface area (Å²) in [4.78, 5) is 27.6. The van der Waals surface area contributed by atoms with Crippen LogP contribution in [0.2, 0.25) is 0 Å². The van der Waals surface area contributed by atoms with Gasteiger partial charge in [-0.25, -0.2) is 4.98 Å². The van der Waals surface area contributed by atoms with Crippen LogP contribution in [0.3, 0.4) is 0 Å². The Morgan fingerprint density at radius 3 is 2.63 bits per heavy atom. The van der Waals surface area contributed by atoms with Gasteiger partial charge in [-0.1, -0.05) is 12.1 Å². The molecule has 2 heterocycles. The number of benzene rings is 2. The third kappa shape index (κ3) is 2.85. The highest BCUT2D eigenvalue weighted by Crippen LogP contribution is 2.33. The van der Waals surface area contributed by atoms with Gasteiger partial charge in [-0.15, -0.1) is 11.3 Å². The standard InChI is InChI=1S/C19H13N3O4S/c1-26-15-4-2-3-13(9-15)18-16(10-23)21-17(11-27-19(21)20-18)12-5-7-14(8-6-12)22(24)25/h2-11H,1H3. The number of thiazole rings is 1. The summed E-state index contributed by atoms with van der Waals surface area (Å²) < 4.78 is 7.03. The third-order valence-electron chi connectivity index (χ3n) is 4.23. The van der Waals surface area contributed by atoms with Gasteiger partial charge in [0.1, 0.15) is 17.1 Å². The SMILES string of the molecule is COc1cccc(-c2nc3scc(-c4ccc([N+](=O)[O-])cc4)n3c2C=O)c1. The van der Waals surface area contributed by atoms with Crippen molar-refractivity contribution in [1.29, 1.82) is 0 Å². The first-order valence-electron chi connectivity index (χ1n) is 7.96. The number of imidazole rings is 1. The number of nitrogens with zero attached hydrogens (tertiary/aromatic N) is 3. The van der Waals surface area contributed by atoms with Crippen molar-refractivity contribution in [3.8, 4) is 28.3 Å². The molecule has 0 saturated carbocycles. The average Bonchev–Trinajstić information content (AvgIpc) is 3.27.